The van der Waals surface area contributed by atoms with Gasteiger partial charge in [-0.05, 0) is 38.5 Å². The lowest BCUT2D eigenvalue weighted by molar-refractivity contribution is -0.155. The predicted octanol–water partition coefficient (Wildman–Crippen LogP) is 5.78. The minimum absolute atomic E-state index is 0.0443. The van der Waals surface area contributed by atoms with E-state index in [2.05, 4.69) is 60.3 Å². The summed E-state index contributed by atoms with van der Waals surface area (Å²) in [5.74, 6) is -3.00. The number of ether oxygens (including phenoxy) is 1. The van der Waals surface area contributed by atoms with Gasteiger partial charge in [0.1, 0.15) is 0 Å². The van der Waals surface area contributed by atoms with Crippen LogP contribution in [-0.4, -0.2) is 23.0 Å². The fraction of sp³-hybridized carbons (Fsp3) is 0.320. The summed E-state index contributed by atoms with van der Waals surface area (Å²) in [6, 6.07) is 0. The summed E-state index contributed by atoms with van der Waals surface area (Å²) in [5, 5.41) is 8.36. The van der Waals surface area contributed by atoms with E-state index < -0.39 is 17.9 Å². The summed E-state index contributed by atoms with van der Waals surface area (Å²) >= 11 is 0. The molecule has 0 aliphatic rings. The van der Waals surface area contributed by atoms with Gasteiger partial charge in [-0.15, -0.1) is 0 Å². The maximum absolute atomic E-state index is 11.4. The number of hydrogen-bond donors (Lipinski definition) is 1. The van der Waals surface area contributed by atoms with Gasteiger partial charge in [-0.25, -0.2) is 9.59 Å². The van der Waals surface area contributed by atoms with E-state index in [1.54, 1.807) is 12.2 Å². The molecule has 5 heteroatoms. The van der Waals surface area contributed by atoms with Gasteiger partial charge in [0.2, 0.25) is 0 Å². The second kappa shape index (κ2) is 20.5. The maximum atomic E-state index is 11.4. The third kappa shape index (κ3) is 21.1. The molecular formula is C25H32O5. The van der Waals surface area contributed by atoms with Gasteiger partial charge in [0, 0.05) is 12.2 Å². The minimum Gasteiger partial charge on any atom is -0.478 e. The first-order valence-electron chi connectivity index (χ1n) is 10.1. The van der Waals surface area contributed by atoms with Crippen molar-refractivity contribution in [1.82, 2.24) is 0 Å². The zero-order valence-corrected chi connectivity index (χ0v) is 17.6. The molecule has 0 heterocycles. The van der Waals surface area contributed by atoms with E-state index >= 15 is 0 Å². The molecule has 0 fully saturated rings. The van der Waals surface area contributed by atoms with E-state index in [0.29, 0.717) is 18.6 Å². The van der Waals surface area contributed by atoms with Crippen LogP contribution in [0.25, 0.3) is 0 Å². The van der Waals surface area contributed by atoms with Gasteiger partial charge in [0.05, 0.1) is 6.42 Å². The fourth-order valence-electron chi connectivity index (χ4n) is 2.03. The average Bonchev–Trinajstić information content (AvgIpc) is 2.71. The van der Waals surface area contributed by atoms with Crippen LogP contribution in [0, 0.1) is 0 Å². The summed E-state index contributed by atoms with van der Waals surface area (Å²) in [5.41, 5.74) is 0. The molecule has 0 aliphatic carbocycles. The molecule has 0 aliphatic heterocycles. The first kappa shape index (κ1) is 26.8. The van der Waals surface area contributed by atoms with Gasteiger partial charge in [-0.3, -0.25) is 4.79 Å². The van der Waals surface area contributed by atoms with Crippen molar-refractivity contribution in [3.63, 3.8) is 0 Å². The van der Waals surface area contributed by atoms with Crippen molar-refractivity contribution in [3.8, 4) is 0 Å². The first-order valence-corrected chi connectivity index (χ1v) is 10.1. The van der Waals surface area contributed by atoms with E-state index in [4.69, 9.17) is 5.11 Å². The van der Waals surface area contributed by atoms with Crippen LogP contribution in [0.3, 0.4) is 0 Å². The highest BCUT2D eigenvalue weighted by Gasteiger charge is 2.05. The normalized spacial score (nSPS) is 12.7. The van der Waals surface area contributed by atoms with E-state index in [9.17, 15) is 14.4 Å². The SMILES string of the molecule is CCC=CCC=CCC=CCC=CCC=CCC=CCC(=O)OC(=O)C=CC(=O)O. The second-order valence-corrected chi connectivity index (χ2v) is 6.08. The topological polar surface area (TPSA) is 80.7 Å². The van der Waals surface area contributed by atoms with Gasteiger partial charge < -0.3 is 9.84 Å². The van der Waals surface area contributed by atoms with Crippen molar-refractivity contribution in [3.05, 3.63) is 85.1 Å². The van der Waals surface area contributed by atoms with Crippen LogP contribution < -0.4 is 0 Å². The zero-order valence-electron chi connectivity index (χ0n) is 17.6. The van der Waals surface area contributed by atoms with E-state index in [1.165, 1.54) is 0 Å². The number of carbonyl (C=O) groups excluding carboxylic acids is 2. The largest absolute Gasteiger partial charge is 0.478 e. The maximum Gasteiger partial charge on any atom is 0.338 e. The molecular weight excluding hydrogens is 380 g/mol. The second-order valence-electron chi connectivity index (χ2n) is 6.08. The minimum atomic E-state index is -1.28. The van der Waals surface area contributed by atoms with Crippen molar-refractivity contribution < 1.29 is 24.2 Å². The highest BCUT2D eigenvalue weighted by atomic mass is 16.6. The van der Waals surface area contributed by atoms with Gasteiger partial charge in [-0.2, -0.15) is 0 Å². The van der Waals surface area contributed by atoms with E-state index in [1.807, 2.05) is 12.2 Å². The molecule has 162 valence electrons. The average molecular weight is 413 g/mol. The smallest absolute Gasteiger partial charge is 0.338 e. The lowest BCUT2D eigenvalue weighted by Gasteiger charge is -1.95. The molecule has 0 saturated heterocycles. The number of esters is 2. The Kier molecular flexibility index (Phi) is 18.3. The van der Waals surface area contributed by atoms with Gasteiger partial charge in [0.15, 0.2) is 0 Å². The molecule has 0 spiro atoms. The summed E-state index contributed by atoms with van der Waals surface area (Å²) < 4.78 is 4.42. The number of hydrogen-bond acceptors (Lipinski definition) is 4. The van der Waals surface area contributed by atoms with Gasteiger partial charge in [0.25, 0.3) is 0 Å². The van der Waals surface area contributed by atoms with Crippen LogP contribution >= 0.6 is 0 Å². The number of rotatable bonds is 15. The molecule has 5 nitrogen and oxygen atoms in total. The number of carbonyl (C=O) groups is 3. The molecule has 0 rings (SSSR count). The Bertz CT molecular complexity index is 703. The Morgan fingerprint density at radius 2 is 1.03 bits per heavy atom. The van der Waals surface area contributed by atoms with E-state index in [-0.39, 0.29) is 6.42 Å². The van der Waals surface area contributed by atoms with Crippen molar-refractivity contribution in [2.45, 2.75) is 51.9 Å². The molecule has 0 atom stereocenters. The summed E-state index contributed by atoms with van der Waals surface area (Å²) in [6.07, 6.45) is 31.4. The molecule has 0 unspecified atom stereocenters. The monoisotopic (exact) mass is 412 g/mol. The number of allylic oxidation sites excluding steroid dienone is 11. The van der Waals surface area contributed by atoms with Gasteiger partial charge in [-0.1, -0.05) is 79.8 Å². The molecule has 30 heavy (non-hydrogen) atoms. The van der Waals surface area contributed by atoms with Crippen LogP contribution in [0.5, 0.6) is 0 Å². The number of carboxylic acids is 1. The lowest BCUT2D eigenvalue weighted by Crippen LogP contribution is -2.09. The van der Waals surface area contributed by atoms with Crippen molar-refractivity contribution in [2.75, 3.05) is 0 Å². The van der Waals surface area contributed by atoms with Crippen molar-refractivity contribution in [2.24, 2.45) is 0 Å². The summed E-state index contributed by atoms with van der Waals surface area (Å²) in [7, 11) is 0. The Balaban J connectivity index is 3.75. The number of carboxylic acid groups (broad SMARTS) is 1. The third-order valence-electron chi connectivity index (χ3n) is 3.46. The molecule has 0 aromatic heterocycles. The van der Waals surface area contributed by atoms with Crippen LogP contribution in [0.2, 0.25) is 0 Å². The molecule has 0 radical (unpaired) electrons. The van der Waals surface area contributed by atoms with Gasteiger partial charge >= 0.3 is 17.9 Å². The van der Waals surface area contributed by atoms with E-state index in [0.717, 1.165) is 32.1 Å². The van der Waals surface area contributed by atoms with Crippen molar-refractivity contribution >= 4 is 17.9 Å². The van der Waals surface area contributed by atoms with Crippen LogP contribution in [0.1, 0.15) is 51.9 Å². The Morgan fingerprint density at radius 1 is 0.633 bits per heavy atom. The predicted molar refractivity (Wildman–Crippen MR) is 121 cm³/mol. The molecule has 0 bridgehead atoms. The quantitative estimate of drug-likeness (QED) is 0.159. The third-order valence-corrected chi connectivity index (χ3v) is 3.46. The highest BCUT2D eigenvalue weighted by Crippen LogP contribution is 1.97. The zero-order chi connectivity index (χ0) is 22.3. The highest BCUT2D eigenvalue weighted by molar-refractivity contribution is 5.96. The molecule has 0 saturated carbocycles. The van der Waals surface area contributed by atoms with Crippen molar-refractivity contribution in [1.29, 1.82) is 0 Å². The Morgan fingerprint density at radius 3 is 1.43 bits per heavy atom. The fourth-order valence-corrected chi connectivity index (χ4v) is 2.03. The Labute approximate surface area is 179 Å². The van der Waals surface area contributed by atoms with Crippen LogP contribution in [-0.2, 0) is 19.1 Å². The van der Waals surface area contributed by atoms with Crippen LogP contribution in [0.4, 0.5) is 0 Å². The molecule has 1 N–H and O–H groups in total. The standard InChI is InChI=1S/C25H32O5/c1-2-3-4-5-6-7-8-9-10-11-12-13-14-15-16-17-18-19-20-24(28)30-25(29)22-21-23(26)27/h3-4,6-7,9-10,12-13,15-16,18-19,21-22H,2,5,8,11,14,17,20H2,1H3,(H,26,27). The summed E-state index contributed by atoms with van der Waals surface area (Å²) in [6.45, 7) is 2.13. The Hall–Kier alpha value is -3.21. The number of aliphatic carboxylic acids is 1. The molecule has 0 aromatic carbocycles. The lowest BCUT2D eigenvalue weighted by atomic mass is 10.2. The molecule has 0 amide bonds. The first-order chi connectivity index (χ1) is 14.6. The summed E-state index contributed by atoms with van der Waals surface area (Å²) in [4.78, 5) is 32.7. The van der Waals surface area contributed by atoms with Crippen LogP contribution in [0.15, 0.2) is 85.1 Å². The molecule has 0 aromatic rings.